The molecule has 1 N–H and O–H groups in total. The van der Waals surface area contributed by atoms with Gasteiger partial charge in [0.1, 0.15) is 0 Å². The largest absolute Gasteiger partial charge is 0.390 e. The topological polar surface area (TPSA) is 55.1 Å². The molecule has 0 spiro atoms. The minimum Gasteiger partial charge on any atom is -0.390 e. The van der Waals surface area contributed by atoms with E-state index in [4.69, 9.17) is 4.98 Å². The first-order chi connectivity index (χ1) is 11.8. The number of nitrogens with zero attached hydrogens (tertiary/aromatic N) is 2. The molecule has 0 radical (unpaired) electrons. The lowest BCUT2D eigenvalue weighted by Crippen LogP contribution is -2.25. The van der Waals surface area contributed by atoms with Gasteiger partial charge >= 0.3 is 0 Å². The molecule has 1 aromatic heterocycles. The molecule has 0 saturated carbocycles. The lowest BCUT2D eigenvalue weighted by Gasteiger charge is -2.19. The Bertz CT molecular complexity index is 987. The standard InChI is InChI=1S/C20H22N2O2S/c1-13-8-7-11-17(14(13)2)22-18(23)15-9-5-6-10-16(15)21-19(22)25-12-20(3,4)24/h5-11,24H,12H2,1-4H3. The number of thioether (sulfide) groups is 1. The molecule has 4 nitrogen and oxygen atoms in total. The number of rotatable bonds is 4. The number of para-hydroxylation sites is 1. The molecule has 0 aliphatic rings. The number of fused-ring (bicyclic) bond motifs is 1. The number of benzene rings is 2. The molecule has 0 aliphatic carbocycles. The van der Waals surface area contributed by atoms with E-state index in [2.05, 4.69) is 0 Å². The molecule has 3 aromatic rings. The highest BCUT2D eigenvalue weighted by Gasteiger charge is 2.19. The predicted molar refractivity (Wildman–Crippen MR) is 104 cm³/mol. The molecule has 0 unspecified atom stereocenters. The Morgan fingerprint density at radius 1 is 1.12 bits per heavy atom. The van der Waals surface area contributed by atoms with Gasteiger partial charge in [-0.25, -0.2) is 4.98 Å². The van der Waals surface area contributed by atoms with Crippen LogP contribution in [0.15, 0.2) is 52.4 Å². The number of aryl methyl sites for hydroxylation is 1. The van der Waals surface area contributed by atoms with Crippen molar-refractivity contribution in [1.82, 2.24) is 9.55 Å². The molecule has 5 heteroatoms. The quantitative estimate of drug-likeness (QED) is 0.571. The van der Waals surface area contributed by atoms with Crippen molar-refractivity contribution in [3.05, 3.63) is 63.9 Å². The van der Waals surface area contributed by atoms with Gasteiger partial charge in [0.2, 0.25) is 0 Å². The summed E-state index contributed by atoms with van der Waals surface area (Å²) in [6.45, 7) is 7.54. The van der Waals surface area contributed by atoms with E-state index in [0.29, 0.717) is 21.8 Å². The van der Waals surface area contributed by atoms with Gasteiger partial charge < -0.3 is 5.11 Å². The molecular weight excluding hydrogens is 332 g/mol. The maximum absolute atomic E-state index is 13.2. The van der Waals surface area contributed by atoms with Crippen LogP contribution in [0.2, 0.25) is 0 Å². The molecule has 2 aromatic carbocycles. The fourth-order valence-corrected chi connectivity index (χ4v) is 3.60. The van der Waals surface area contributed by atoms with Gasteiger partial charge in [0.25, 0.3) is 5.56 Å². The average Bonchev–Trinajstić information content (AvgIpc) is 2.56. The van der Waals surface area contributed by atoms with Gasteiger partial charge in [-0.3, -0.25) is 9.36 Å². The van der Waals surface area contributed by atoms with E-state index >= 15 is 0 Å². The summed E-state index contributed by atoms with van der Waals surface area (Å²) in [7, 11) is 0. The molecule has 0 amide bonds. The molecule has 0 fully saturated rings. The van der Waals surface area contributed by atoms with Crippen LogP contribution in [0.5, 0.6) is 0 Å². The predicted octanol–water partition coefficient (Wildman–Crippen LogP) is 3.87. The van der Waals surface area contributed by atoms with Crippen molar-refractivity contribution in [1.29, 1.82) is 0 Å². The summed E-state index contributed by atoms with van der Waals surface area (Å²) >= 11 is 1.39. The molecule has 25 heavy (non-hydrogen) atoms. The summed E-state index contributed by atoms with van der Waals surface area (Å²) < 4.78 is 1.67. The van der Waals surface area contributed by atoms with Crippen molar-refractivity contribution < 1.29 is 5.11 Å². The number of aliphatic hydroxyl groups is 1. The third-order valence-electron chi connectivity index (χ3n) is 4.12. The van der Waals surface area contributed by atoms with Crippen LogP contribution in [0, 0.1) is 13.8 Å². The lowest BCUT2D eigenvalue weighted by molar-refractivity contribution is 0.107. The molecule has 3 rings (SSSR count). The molecule has 1 heterocycles. The van der Waals surface area contributed by atoms with Gasteiger partial charge in [-0.1, -0.05) is 36.0 Å². The fraction of sp³-hybridized carbons (Fsp3) is 0.300. The van der Waals surface area contributed by atoms with Crippen LogP contribution in [0.1, 0.15) is 25.0 Å². The number of hydrogen-bond donors (Lipinski definition) is 1. The van der Waals surface area contributed by atoms with Gasteiger partial charge in [0.05, 0.1) is 22.2 Å². The Morgan fingerprint density at radius 2 is 1.84 bits per heavy atom. The van der Waals surface area contributed by atoms with E-state index in [-0.39, 0.29) is 5.56 Å². The van der Waals surface area contributed by atoms with Crippen molar-refractivity contribution >= 4 is 22.7 Å². The van der Waals surface area contributed by atoms with Crippen LogP contribution in [0.3, 0.4) is 0 Å². The van der Waals surface area contributed by atoms with Gasteiger partial charge in [-0.2, -0.15) is 0 Å². The van der Waals surface area contributed by atoms with E-state index in [1.165, 1.54) is 11.8 Å². The smallest absolute Gasteiger partial charge is 0.266 e. The highest BCUT2D eigenvalue weighted by molar-refractivity contribution is 7.99. The van der Waals surface area contributed by atoms with E-state index in [9.17, 15) is 9.90 Å². The third-order valence-corrected chi connectivity index (χ3v) is 5.50. The molecule has 0 bridgehead atoms. The van der Waals surface area contributed by atoms with E-state index < -0.39 is 5.60 Å². The normalized spacial score (nSPS) is 11.9. The third kappa shape index (κ3) is 3.62. The maximum atomic E-state index is 13.2. The Hall–Kier alpha value is -2.11. The summed E-state index contributed by atoms with van der Waals surface area (Å²) in [5, 5.41) is 11.3. The van der Waals surface area contributed by atoms with Crippen molar-refractivity contribution in [3.63, 3.8) is 0 Å². The highest BCUT2D eigenvalue weighted by atomic mass is 32.2. The molecule has 0 atom stereocenters. The van der Waals surface area contributed by atoms with Gasteiger partial charge in [0.15, 0.2) is 5.16 Å². The van der Waals surface area contributed by atoms with E-state index in [1.54, 1.807) is 24.5 Å². The summed E-state index contributed by atoms with van der Waals surface area (Å²) in [6.07, 6.45) is 0. The van der Waals surface area contributed by atoms with Gasteiger partial charge in [-0.05, 0) is 57.0 Å². The second-order valence-electron chi connectivity index (χ2n) is 6.87. The monoisotopic (exact) mass is 354 g/mol. The molecular formula is C20H22N2O2S. The maximum Gasteiger partial charge on any atom is 0.266 e. The Morgan fingerprint density at radius 3 is 2.56 bits per heavy atom. The zero-order valence-corrected chi connectivity index (χ0v) is 15.7. The first-order valence-electron chi connectivity index (χ1n) is 8.21. The Balaban J connectivity index is 2.29. The zero-order valence-electron chi connectivity index (χ0n) is 14.9. The Labute approximate surface area is 151 Å². The van der Waals surface area contributed by atoms with Gasteiger partial charge in [0, 0.05) is 5.75 Å². The average molecular weight is 354 g/mol. The minimum atomic E-state index is -0.847. The van der Waals surface area contributed by atoms with Crippen molar-refractivity contribution in [2.75, 3.05) is 5.75 Å². The first-order valence-corrected chi connectivity index (χ1v) is 9.20. The second kappa shape index (κ2) is 6.65. The van der Waals surface area contributed by atoms with Crippen molar-refractivity contribution in [2.45, 2.75) is 38.5 Å². The summed E-state index contributed by atoms with van der Waals surface area (Å²) in [5.41, 5.74) is 2.75. The Kier molecular flexibility index (Phi) is 4.71. The zero-order chi connectivity index (χ0) is 18.2. The summed E-state index contributed by atoms with van der Waals surface area (Å²) in [4.78, 5) is 17.9. The number of hydrogen-bond acceptors (Lipinski definition) is 4. The van der Waals surface area contributed by atoms with Crippen LogP contribution in [0.25, 0.3) is 16.6 Å². The fourth-order valence-electron chi connectivity index (χ4n) is 2.64. The minimum absolute atomic E-state index is 0.0856. The van der Waals surface area contributed by atoms with Crippen LogP contribution in [0.4, 0.5) is 0 Å². The van der Waals surface area contributed by atoms with Crippen LogP contribution < -0.4 is 5.56 Å². The summed E-state index contributed by atoms with van der Waals surface area (Å²) in [6, 6.07) is 13.3. The SMILES string of the molecule is Cc1cccc(-n2c(SCC(C)(C)O)nc3ccccc3c2=O)c1C. The molecule has 0 saturated heterocycles. The van der Waals surface area contributed by atoms with Gasteiger partial charge in [-0.15, -0.1) is 0 Å². The highest BCUT2D eigenvalue weighted by Crippen LogP contribution is 2.26. The van der Waals surface area contributed by atoms with E-state index in [0.717, 1.165) is 16.8 Å². The van der Waals surface area contributed by atoms with Crippen molar-refractivity contribution in [3.8, 4) is 5.69 Å². The lowest BCUT2D eigenvalue weighted by atomic mass is 10.1. The molecule has 0 aliphatic heterocycles. The number of aromatic nitrogens is 2. The van der Waals surface area contributed by atoms with Crippen molar-refractivity contribution in [2.24, 2.45) is 0 Å². The second-order valence-corrected chi connectivity index (χ2v) is 7.81. The summed E-state index contributed by atoms with van der Waals surface area (Å²) in [5.74, 6) is 0.447. The molecule has 130 valence electrons. The van der Waals surface area contributed by atoms with Crippen LogP contribution >= 0.6 is 11.8 Å². The van der Waals surface area contributed by atoms with Crippen LogP contribution in [-0.2, 0) is 0 Å². The van der Waals surface area contributed by atoms with Crippen LogP contribution in [-0.4, -0.2) is 26.0 Å². The van der Waals surface area contributed by atoms with E-state index in [1.807, 2.05) is 50.2 Å². The first kappa shape index (κ1) is 17.7.